The number of benzene rings is 2. The van der Waals surface area contributed by atoms with Crippen LogP contribution in [0.5, 0.6) is 5.75 Å². The molecule has 152 valence electrons. The lowest BCUT2D eigenvalue weighted by atomic mass is 9.79. The summed E-state index contributed by atoms with van der Waals surface area (Å²) in [5.74, 6) is -2.44. The van der Waals surface area contributed by atoms with E-state index in [0.717, 1.165) is 4.47 Å². The Kier molecular flexibility index (Phi) is 6.37. The fraction of sp³-hybridized carbons (Fsp3) is 0.318. The van der Waals surface area contributed by atoms with Gasteiger partial charge in [0.05, 0.1) is 19.1 Å². The summed E-state index contributed by atoms with van der Waals surface area (Å²) in [6.45, 7) is 3.40. The van der Waals surface area contributed by atoms with Gasteiger partial charge in [0.15, 0.2) is 5.78 Å². The lowest BCUT2D eigenvalue weighted by molar-refractivity contribution is -0.180. The molecular weight excluding hydrogens is 440 g/mol. The zero-order valence-electron chi connectivity index (χ0n) is 16.1. The highest BCUT2D eigenvalue weighted by Gasteiger charge is 2.63. The number of carbonyl (C=O) groups is 3. The molecule has 1 aliphatic rings. The number of rotatable bonds is 7. The summed E-state index contributed by atoms with van der Waals surface area (Å²) >= 11 is 3.34. The molecule has 3 rings (SSSR count). The Morgan fingerprint density at radius 1 is 0.966 bits per heavy atom. The quantitative estimate of drug-likeness (QED) is 0.352. The largest absolute Gasteiger partial charge is 0.463 e. The van der Waals surface area contributed by atoms with E-state index in [1.165, 1.54) is 0 Å². The van der Waals surface area contributed by atoms with Crippen molar-refractivity contribution in [2.24, 2.45) is 0 Å². The lowest BCUT2D eigenvalue weighted by Crippen LogP contribution is -2.55. The van der Waals surface area contributed by atoms with E-state index in [0.29, 0.717) is 16.9 Å². The molecule has 2 aromatic rings. The maximum atomic E-state index is 13.0. The maximum absolute atomic E-state index is 13.0. The van der Waals surface area contributed by atoms with Gasteiger partial charge in [-0.3, -0.25) is 4.79 Å². The Morgan fingerprint density at radius 2 is 1.55 bits per heavy atom. The van der Waals surface area contributed by atoms with Crippen molar-refractivity contribution in [1.29, 1.82) is 0 Å². The van der Waals surface area contributed by atoms with Crippen LogP contribution in [0.15, 0.2) is 53.0 Å². The van der Waals surface area contributed by atoms with E-state index >= 15 is 0 Å². The molecule has 29 heavy (non-hydrogen) atoms. The molecule has 2 aromatic carbocycles. The number of ketones is 1. The third-order valence-corrected chi connectivity index (χ3v) is 5.30. The van der Waals surface area contributed by atoms with Crippen LogP contribution in [0.1, 0.15) is 42.1 Å². The van der Waals surface area contributed by atoms with Crippen LogP contribution in [0.4, 0.5) is 0 Å². The molecule has 0 fully saturated rings. The number of esters is 2. The van der Waals surface area contributed by atoms with E-state index in [4.69, 9.17) is 14.2 Å². The van der Waals surface area contributed by atoms with Gasteiger partial charge in [0.25, 0.3) is 0 Å². The molecule has 0 N–H and O–H groups in total. The first kappa shape index (κ1) is 21.0. The third-order valence-electron chi connectivity index (χ3n) is 4.77. The van der Waals surface area contributed by atoms with Crippen LogP contribution < -0.4 is 4.74 Å². The number of carbonyl (C=O) groups excluding carboxylic acids is 3. The molecule has 0 saturated heterocycles. The van der Waals surface area contributed by atoms with Crippen LogP contribution in [-0.4, -0.2) is 36.5 Å². The zero-order valence-corrected chi connectivity index (χ0v) is 17.7. The van der Waals surface area contributed by atoms with Crippen molar-refractivity contribution in [2.75, 3.05) is 13.2 Å². The predicted octanol–water partition coefficient (Wildman–Crippen LogP) is 4.06. The van der Waals surface area contributed by atoms with Crippen molar-refractivity contribution >= 4 is 33.7 Å². The minimum absolute atomic E-state index is 0.0626. The van der Waals surface area contributed by atoms with E-state index < -0.39 is 23.5 Å². The Bertz CT molecular complexity index is 903. The van der Waals surface area contributed by atoms with Gasteiger partial charge >= 0.3 is 17.5 Å². The van der Waals surface area contributed by atoms with E-state index in [2.05, 4.69) is 15.9 Å². The van der Waals surface area contributed by atoms with Gasteiger partial charge in [0.1, 0.15) is 5.75 Å². The fourth-order valence-corrected chi connectivity index (χ4v) is 3.71. The molecule has 0 aliphatic carbocycles. The number of para-hydroxylation sites is 1. The smallest absolute Gasteiger partial charge is 0.363 e. The molecule has 1 heterocycles. The third kappa shape index (κ3) is 3.92. The first-order valence-electron chi connectivity index (χ1n) is 9.35. The topological polar surface area (TPSA) is 78.9 Å². The molecule has 0 amide bonds. The maximum Gasteiger partial charge on any atom is 0.363 e. The number of Topliss-reactive ketones (excluding diaryl/α,β-unsaturated/α-hetero) is 1. The highest BCUT2D eigenvalue weighted by molar-refractivity contribution is 9.10. The van der Waals surface area contributed by atoms with Crippen LogP contribution in [0, 0.1) is 0 Å². The second-order valence-electron chi connectivity index (χ2n) is 6.50. The highest BCUT2D eigenvalue weighted by atomic mass is 79.9. The van der Waals surface area contributed by atoms with Crippen LogP contribution in [-0.2, 0) is 19.1 Å². The molecule has 0 spiro atoms. The average molecular weight is 461 g/mol. The number of hydrogen-bond donors (Lipinski definition) is 0. The van der Waals surface area contributed by atoms with Crippen LogP contribution in [0.25, 0.3) is 0 Å². The average Bonchev–Trinajstić information content (AvgIpc) is 3.04. The normalized spacial score (nSPS) is 16.4. The molecule has 0 bridgehead atoms. The van der Waals surface area contributed by atoms with Crippen LogP contribution in [0.2, 0.25) is 0 Å². The lowest BCUT2D eigenvalue weighted by Gasteiger charge is -2.29. The van der Waals surface area contributed by atoms with Gasteiger partial charge in [0.2, 0.25) is 0 Å². The van der Waals surface area contributed by atoms with Crippen molar-refractivity contribution in [3.05, 3.63) is 64.1 Å². The second-order valence-corrected chi connectivity index (χ2v) is 7.42. The van der Waals surface area contributed by atoms with Gasteiger partial charge in [-0.25, -0.2) is 9.59 Å². The molecule has 1 aliphatic heterocycles. The molecule has 0 saturated carbocycles. The summed E-state index contributed by atoms with van der Waals surface area (Å²) in [7, 11) is 0. The number of fused-ring (bicyclic) bond motifs is 1. The summed E-state index contributed by atoms with van der Waals surface area (Å²) in [5, 5.41) is 0. The van der Waals surface area contributed by atoms with Crippen molar-refractivity contribution in [3.8, 4) is 5.75 Å². The summed E-state index contributed by atoms with van der Waals surface area (Å²) in [5.41, 5.74) is -0.987. The summed E-state index contributed by atoms with van der Waals surface area (Å²) in [6, 6.07) is 13.8. The molecule has 7 heteroatoms. The number of ether oxygens (including phenoxy) is 3. The predicted molar refractivity (Wildman–Crippen MR) is 109 cm³/mol. The molecule has 0 radical (unpaired) electrons. The van der Waals surface area contributed by atoms with Gasteiger partial charge in [0, 0.05) is 22.0 Å². The van der Waals surface area contributed by atoms with Crippen LogP contribution >= 0.6 is 15.9 Å². The van der Waals surface area contributed by atoms with Crippen molar-refractivity contribution in [1.82, 2.24) is 0 Å². The van der Waals surface area contributed by atoms with Crippen molar-refractivity contribution < 1.29 is 28.6 Å². The van der Waals surface area contributed by atoms with Gasteiger partial charge in [-0.15, -0.1) is 0 Å². The standard InChI is InChI=1S/C22H21BrO6/c1-3-27-20(25)22(21(26)28-4-2)17(16-7-5-6-8-19(16)29-22)13-18(24)14-9-11-15(23)12-10-14/h5-12,17H,3-4,13H2,1-2H3. The van der Waals surface area contributed by atoms with E-state index in [1.54, 1.807) is 62.4 Å². The minimum atomic E-state index is -2.05. The Morgan fingerprint density at radius 3 is 2.14 bits per heavy atom. The first-order chi connectivity index (χ1) is 13.9. The molecule has 1 atom stereocenters. The molecule has 1 unspecified atom stereocenters. The van der Waals surface area contributed by atoms with E-state index in [-0.39, 0.29) is 25.4 Å². The highest BCUT2D eigenvalue weighted by Crippen LogP contribution is 2.48. The summed E-state index contributed by atoms with van der Waals surface area (Å²) < 4.78 is 17.1. The number of halogens is 1. The second kappa shape index (κ2) is 8.78. The van der Waals surface area contributed by atoms with E-state index in [1.807, 2.05) is 0 Å². The van der Waals surface area contributed by atoms with Gasteiger partial charge in [-0.1, -0.05) is 46.3 Å². The van der Waals surface area contributed by atoms with E-state index in [9.17, 15) is 14.4 Å². The van der Waals surface area contributed by atoms with Crippen LogP contribution in [0.3, 0.4) is 0 Å². The zero-order chi connectivity index (χ0) is 21.0. The SMILES string of the molecule is CCOC(=O)C1(C(=O)OCC)Oc2ccccc2C1CC(=O)c1ccc(Br)cc1. The molecule has 6 nitrogen and oxygen atoms in total. The Labute approximate surface area is 177 Å². The molecular formula is C22H21BrO6. The monoisotopic (exact) mass is 460 g/mol. The minimum Gasteiger partial charge on any atom is -0.463 e. The summed E-state index contributed by atoms with van der Waals surface area (Å²) in [4.78, 5) is 38.9. The Balaban J connectivity index is 2.06. The van der Waals surface area contributed by atoms with Gasteiger partial charge in [-0.05, 0) is 32.0 Å². The first-order valence-corrected chi connectivity index (χ1v) is 10.1. The number of hydrogen-bond acceptors (Lipinski definition) is 6. The van der Waals surface area contributed by atoms with Crippen molar-refractivity contribution in [3.63, 3.8) is 0 Å². The van der Waals surface area contributed by atoms with Gasteiger partial charge < -0.3 is 14.2 Å². The van der Waals surface area contributed by atoms with Gasteiger partial charge in [-0.2, -0.15) is 0 Å². The molecule has 0 aromatic heterocycles. The summed E-state index contributed by atoms with van der Waals surface area (Å²) in [6.07, 6.45) is -0.115. The van der Waals surface area contributed by atoms with Crippen molar-refractivity contribution in [2.45, 2.75) is 31.8 Å². The fourth-order valence-electron chi connectivity index (χ4n) is 3.45. The Hall–Kier alpha value is -2.67.